The summed E-state index contributed by atoms with van der Waals surface area (Å²) in [6.07, 6.45) is 1.24. The molecule has 0 unspecified atom stereocenters. The second-order valence-corrected chi connectivity index (χ2v) is 11.1. The Hall–Kier alpha value is -3.12. The Kier molecular flexibility index (Phi) is 8.15. The van der Waals surface area contributed by atoms with Crippen molar-refractivity contribution in [1.29, 1.82) is 0 Å². The van der Waals surface area contributed by atoms with Crippen molar-refractivity contribution in [2.45, 2.75) is 46.1 Å². The van der Waals surface area contributed by atoms with E-state index in [0.29, 0.717) is 12.1 Å². The van der Waals surface area contributed by atoms with Crippen LogP contribution in [0.1, 0.15) is 65.2 Å². The van der Waals surface area contributed by atoms with Crippen LogP contribution >= 0.6 is 0 Å². The van der Waals surface area contributed by atoms with Gasteiger partial charge in [-0.25, -0.2) is 8.42 Å². The minimum Gasteiger partial charge on any atom is -0.351 e. The lowest BCUT2D eigenvalue weighted by atomic mass is 9.98. The fraction of sp³-hybridized carbons (Fsp3) is 0.321. The molecule has 6 heteroatoms. The molecule has 5 nitrogen and oxygen atoms in total. The lowest BCUT2D eigenvalue weighted by molar-refractivity contribution is 0.0951. The first-order chi connectivity index (χ1) is 16.1. The predicted octanol–water partition coefficient (Wildman–Crippen LogP) is 5.62. The van der Waals surface area contributed by atoms with Crippen molar-refractivity contribution in [1.82, 2.24) is 5.32 Å². The van der Waals surface area contributed by atoms with Crippen molar-refractivity contribution in [3.8, 4) is 0 Å². The molecule has 0 saturated heterocycles. The summed E-state index contributed by atoms with van der Waals surface area (Å²) in [5.41, 5.74) is 5.19. The molecule has 0 fully saturated rings. The monoisotopic (exact) mass is 478 g/mol. The summed E-state index contributed by atoms with van der Waals surface area (Å²) in [6.45, 7) is 8.88. The van der Waals surface area contributed by atoms with Crippen molar-refractivity contribution >= 4 is 21.6 Å². The van der Waals surface area contributed by atoms with Gasteiger partial charge in [0.05, 0.1) is 18.5 Å². The van der Waals surface area contributed by atoms with Gasteiger partial charge in [-0.15, -0.1) is 0 Å². The second-order valence-electron chi connectivity index (χ2n) is 9.16. The first kappa shape index (κ1) is 25.5. The Morgan fingerprint density at radius 2 is 1.56 bits per heavy atom. The SMILES string of the molecule is Cc1cccc(C(C)C)c1N(Cc1ccc(C(=O)NC[C@@H](C)c2ccccc2)cc1)S(C)(=O)=O. The van der Waals surface area contributed by atoms with Gasteiger partial charge >= 0.3 is 0 Å². The summed E-state index contributed by atoms with van der Waals surface area (Å²) in [4.78, 5) is 12.6. The first-order valence-corrected chi connectivity index (χ1v) is 13.4. The zero-order chi connectivity index (χ0) is 24.9. The zero-order valence-corrected chi connectivity index (χ0v) is 21.4. The molecule has 0 aliphatic carbocycles. The summed E-state index contributed by atoms with van der Waals surface area (Å²) in [7, 11) is -3.51. The Balaban J connectivity index is 1.75. The summed E-state index contributed by atoms with van der Waals surface area (Å²) in [5, 5.41) is 2.99. The number of nitrogens with zero attached hydrogens (tertiary/aromatic N) is 1. The van der Waals surface area contributed by atoms with Crippen molar-refractivity contribution in [2.24, 2.45) is 0 Å². The van der Waals surface area contributed by atoms with Crippen LogP contribution in [0.4, 0.5) is 5.69 Å². The van der Waals surface area contributed by atoms with Gasteiger partial charge in [0.25, 0.3) is 5.91 Å². The van der Waals surface area contributed by atoms with Crippen LogP contribution in [0.15, 0.2) is 72.8 Å². The predicted molar refractivity (Wildman–Crippen MR) is 140 cm³/mol. The third-order valence-corrected chi connectivity index (χ3v) is 7.13. The van der Waals surface area contributed by atoms with Crippen molar-refractivity contribution in [3.05, 3.63) is 101 Å². The molecule has 0 radical (unpaired) electrons. The molecule has 1 N–H and O–H groups in total. The van der Waals surface area contributed by atoms with E-state index >= 15 is 0 Å². The first-order valence-electron chi connectivity index (χ1n) is 11.6. The van der Waals surface area contributed by atoms with E-state index in [1.807, 2.05) is 55.5 Å². The van der Waals surface area contributed by atoms with E-state index in [0.717, 1.165) is 22.4 Å². The molecule has 0 aromatic heterocycles. The van der Waals surface area contributed by atoms with Crippen molar-refractivity contribution in [2.75, 3.05) is 17.1 Å². The number of amides is 1. The van der Waals surface area contributed by atoms with Crippen LogP contribution in [0.25, 0.3) is 0 Å². The van der Waals surface area contributed by atoms with E-state index in [-0.39, 0.29) is 24.3 Å². The molecule has 34 heavy (non-hydrogen) atoms. The quantitative estimate of drug-likeness (QED) is 0.434. The third kappa shape index (κ3) is 6.26. The molecule has 1 amide bonds. The third-order valence-electron chi connectivity index (χ3n) is 6.02. The Labute approximate surface area is 203 Å². The molecule has 1 atom stereocenters. The van der Waals surface area contributed by atoms with Gasteiger partial charge in [0.15, 0.2) is 0 Å². The maximum atomic E-state index is 12.8. The number of hydrogen-bond donors (Lipinski definition) is 1. The number of para-hydroxylation sites is 1. The van der Waals surface area contributed by atoms with Gasteiger partial charge in [-0.2, -0.15) is 0 Å². The van der Waals surface area contributed by atoms with Crippen LogP contribution in [-0.4, -0.2) is 27.1 Å². The highest BCUT2D eigenvalue weighted by atomic mass is 32.2. The standard InChI is InChI=1S/C28H34N2O3S/c1-20(2)26-13-9-10-21(3)27(26)30(34(5,32)33)19-23-14-16-25(17-15-23)28(31)29-18-22(4)24-11-7-6-8-12-24/h6-17,20,22H,18-19H2,1-5H3,(H,29,31)/t22-/m1/s1. The van der Waals surface area contributed by atoms with Crippen LogP contribution < -0.4 is 9.62 Å². The molecule has 0 saturated carbocycles. The summed E-state index contributed by atoms with van der Waals surface area (Å²) in [5.74, 6) is 0.246. The largest absolute Gasteiger partial charge is 0.351 e. The summed E-state index contributed by atoms with van der Waals surface area (Å²) in [6, 6.07) is 23.1. The van der Waals surface area contributed by atoms with Crippen molar-refractivity contribution in [3.63, 3.8) is 0 Å². The maximum Gasteiger partial charge on any atom is 0.251 e. The Morgan fingerprint density at radius 1 is 0.912 bits per heavy atom. The normalized spacial score (nSPS) is 12.4. The van der Waals surface area contributed by atoms with E-state index in [9.17, 15) is 13.2 Å². The number of sulfonamides is 1. The number of carbonyl (C=O) groups is 1. The lowest BCUT2D eigenvalue weighted by Gasteiger charge is -2.28. The molecule has 0 aliphatic rings. The molecule has 0 bridgehead atoms. The van der Waals surface area contributed by atoms with Crippen LogP contribution in [-0.2, 0) is 16.6 Å². The molecule has 0 aliphatic heterocycles. The van der Waals surface area contributed by atoms with Crippen LogP contribution in [0.5, 0.6) is 0 Å². The number of nitrogens with one attached hydrogen (secondary N) is 1. The van der Waals surface area contributed by atoms with Gasteiger partial charge in [-0.05, 0) is 53.1 Å². The van der Waals surface area contributed by atoms with E-state index in [2.05, 4.69) is 38.2 Å². The summed E-state index contributed by atoms with van der Waals surface area (Å²) < 4.78 is 27.0. The van der Waals surface area contributed by atoms with Crippen LogP contribution in [0.2, 0.25) is 0 Å². The average Bonchev–Trinajstić information content (AvgIpc) is 2.81. The van der Waals surface area contributed by atoms with E-state index in [1.54, 1.807) is 12.1 Å². The van der Waals surface area contributed by atoms with Crippen molar-refractivity contribution < 1.29 is 13.2 Å². The molecule has 0 heterocycles. The smallest absolute Gasteiger partial charge is 0.251 e. The molecular formula is C28H34N2O3S. The average molecular weight is 479 g/mol. The Bertz CT molecular complexity index is 1220. The molecular weight excluding hydrogens is 444 g/mol. The molecule has 3 aromatic carbocycles. The van der Waals surface area contributed by atoms with Gasteiger partial charge in [0.2, 0.25) is 10.0 Å². The number of carbonyl (C=O) groups excluding carboxylic acids is 1. The minimum absolute atomic E-state index is 0.143. The topological polar surface area (TPSA) is 66.5 Å². The zero-order valence-electron chi connectivity index (χ0n) is 20.6. The van der Waals surface area contributed by atoms with Gasteiger partial charge in [-0.1, -0.05) is 81.4 Å². The van der Waals surface area contributed by atoms with Gasteiger partial charge < -0.3 is 5.32 Å². The van der Waals surface area contributed by atoms with E-state index < -0.39 is 10.0 Å². The minimum atomic E-state index is -3.51. The number of anilines is 1. The fourth-order valence-corrected chi connectivity index (χ4v) is 4.99. The van der Waals surface area contributed by atoms with Crippen LogP contribution in [0.3, 0.4) is 0 Å². The molecule has 3 aromatic rings. The second kappa shape index (κ2) is 10.9. The highest BCUT2D eigenvalue weighted by Crippen LogP contribution is 2.33. The number of benzene rings is 3. The highest BCUT2D eigenvalue weighted by Gasteiger charge is 2.23. The van der Waals surface area contributed by atoms with E-state index in [1.165, 1.54) is 16.1 Å². The molecule has 180 valence electrons. The van der Waals surface area contributed by atoms with E-state index in [4.69, 9.17) is 0 Å². The highest BCUT2D eigenvalue weighted by molar-refractivity contribution is 7.92. The number of hydrogen-bond acceptors (Lipinski definition) is 3. The van der Waals surface area contributed by atoms with Gasteiger partial charge in [0.1, 0.15) is 0 Å². The number of rotatable bonds is 9. The van der Waals surface area contributed by atoms with Gasteiger partial charge in [0, 0.05) is 12.1 Å². The fourth-order valence-electron chi connectivity index (χ4n) is 4.02. The van der Waals surface area contributed by atoms with Gasteiger partial charge in [-0.3, -0.25) is 9.10 Å². The van der Waals surface area contributed by atoms with Crippen LogP contribution in [0, 0.1) is 6.92 Å². The number of aryl methyl sites for hydroxylation is 1. The maximum absolute atomic E-state index is 12.8. The molecule has 0 spiro atoms. The lowest BCUT2D eigenvalue weighted by Crippen LogP contribution is -2.31. The summed E-state index contributed by atoms with van der Waals surface area (Å²) >= 11 is 0. The molecule has 3 rings (SSSR count). The Morgan fingerprint density at radius 3 is 2.15 bits per heavy atom.